The molecule has 2 aromatic carbocycles. The predicted octanol–water partition coefficient (Wildman–Crippen LogP) is 5.64. The minimum absolute atomic E-state index is 0.0609. The van der Waals surface area contributed by atoms with E-state index in [1.54, 1.807) is 36.4 Å². The highest BCUT2D eigenvalue weighted by molar-refractivity contribution is 6.34. The highest BCUT2D eigenvalue weighted by atomic mass is 35.5. The van der Waals surface area contributed by atoms with Gasteiger partial charge in [-0.2, -0.15) is 0 Å². The van der Waals surface area contributed by atoms with Crippen LogP contribution in [0.2, 0.25) is 15.1 Å². The smallest absolute Gasteiger partial charge is 0.159 e. The fourth-order valence-electron chi connectivity index (χ4n) is 1.48. The third-order valence-corrected chi connectivity index (χ3v) is 3.29. The second-order valence-corrected chi connectivity index (χ2v) is 5.13. The van der Waals surface area contributed by atoms with E-state index in [0.717, 1.165) is 0 Å². The molecule has 5 heteroatoms. The third-order valence-electron chi connectivity index (χ3n) is 2.45. The summed E-state index contributed by atoms with van der Waals surface area (Å²) in [5.74, 6) is 0.761. The summed E-state index contributed by atoms with van der Waals surface area (Å²) in [6.45, 7) is 1.47. The van der Waals surface area contributed by atoms with Crippen LogP contribution in [0.25, 0.3) is 0 Å². The average Bonchev–Trinajstić information content (AvgIpc) is 2.36. The molecular weight excluding hydrogens is 307 g/mol. The number of ketones is 1. The Morgan fingerprint density at radius 1 is 0.947 bits per heavy atom. The Morgan fingerprint density at radius 2 is 1.68 bits per heavy atom. The summed E-state index contributed by atoms with van der Waals surface area (Å²) < 4.78 is 5.60. The minimum Gasteiger partial charge on any atom is -0.454 e. The van der Waals surface area contributed by atoms with Gasteiger partial charge in [0.05, 0.1) is 10.0 Å². The van der Waals surface area contributed by atoms with Gasteiger partial charge in [0.15, 0.2) is 5.78 Å². The summed E-state index contributed by atoms with van der Waals surface area (Å²) in [5, 5.41) is 1.27. The number of Topliss-reactive ketones (excluding diaryl/α,β-unsaturated/α-hetero) is 1. The predicted molar refractivity (Wildman–Crippen MR) is 78.0 cm³/mol. The number of halogens is 3. The fraction of sp³-hybridized carbons (Fsp3) is 0.0714. The summed E-state index contributed by atoms with van der Waals surface area (Å²) in [7, 11) is 0. The van der Waals surface area contributed by atoms with Gasteiger partial charge in [-0.05, 0) is 37.3 Å². The number of rotatable bonds is 3. The van der Waals surface area contributed by atoms with Gasteiger partial charge >= 0.3 is 0 Å². The molecule has 0 atom stereocenters. The van der Waals surface area contributed by atoms with Crippen molar-refractivity contribution in [2.24, 2.45) is 0 Å². The Balaban J connectivity index is 2.33. The van der Waals surface area contributed by atoms with E-state index in [2.05, 4.69) is 0 Å². The monoisotopic (exact) mass is 314 g/mol. The molecule has 0 heterocycles. The molecule has 2 nitrogen and oxygen atoms in total. The molecule has 0 fully saturated rings. The number of benzene rings is 2. The maximum absolute atomic E-state index is 11.2. The van der Waals surface area contributed by atoms with Crippen molar-refractivity contribution in [2.45, 2.75) is 6.92 Å². The first kappa shape index (κ1) is 14.2. The van der Waals surface area contributed by atoms with Crippen molar-refractivity contribution in [1.82, 2.24) is 0 Å². The van der Waals surface area contributed by atoms with Crippen LogP contribution in [0, 0.1) is 0 Å². The van der Waals surface area contributed by atoms with Crippen molar-refractivity contribution < 1.29 is 9.53 Å². The van der Waals surface area contributed by atoms with Crippen molar-refractivity contribution in [1.29, 1.82) is 0 Å². The molecule has 0 aromatic heterocycles. The van der Waals surface area contributed by atoms with Gasteiger partial charge in [0, 0.05) is 16.7 Å². The molecule has 0 aliphatic carbocycles. The Morgan fingerprint density at radius 3 is 2.32 bits per heavy atom. The molecule has 0 saturated heterocycles. The molecular formula is C14H9Cl3O2. The zero-order valence-corrected chi connectivity index (χ0v) is 12.2. The van der Waals surface area contributed by atoms with Crippen LogP contribution in [0.15, 0.2) is 36.4 Å². The summed E-state index contributed by atoms with van der Waals surface area (Å²) in [6.07, 6.45) is 0. The standard InChI is InChI=1S/C14H9Cl3O2/c1-8(18)9-2-5-13(12(17)6-9)19-14-7-10(15)3-4-11(14)16/h2-7H,1H3. The largest absolute Gasteiger partial charge is 0.454 e. The average molecular weight is 316 g/mol. The normalized spacial score (nSPS) is 10.3. The van der Waals surface area contributed by atoms with Crippen LogP contribution in [-0.2, 0) is 0 Å². The first-order valence-electron chi connectivity index (χ1n) is 5.41. The van der Waals surface area contributed by atoms with E-state index in [-0.39, 0.29) is 5.78 Å². The lowest BCUT2D eigenvalue weighted by atomic mass is 10.1. The fourth-order valence-corrected chi connectivity index (χ4v) is 2.01. The molecule has 0 aliphatic heterocycles. The first-order valence-corrected chi connectivity index (χ1v) is 6.54. The SMILES string of the molecule is CC(=O)c1ccc(Oc2cc(Cl)ccc2Cl)c(Cl)c1. The second-order valence-electron chi connectivity index (χ2n) is 3.88. The summed E-state index contributed by atoms with van der Waals surface area (Å²) >= 11 is 17.9. The molecule has 0 spiro atoms. The van der Waals surface area contributed by atoms with Gasteiger partial charge in [0.1, 0.15) is 11.5 Å². The highest BCUT2D eigenvalue weighted by Gasteiger charge is 2.09. The number of carbonyl (C=O) groups is 1. The Kier molecular flexibility index (Phi) is 4.35. The molecule has 0 unspecified atom stereocenters. The zero-order valence-electron chi connectivity index (χ0n) is 9.91. The minimum atomic E-state index is -0.0609. The molecule has 0 bridgehead atoms. The van der Waals surface area contributed by atoms with E-state index in [0.29, 0.717) is 32.1 Å². The second kappa shape index (κ2) is 5.83. The summed E-state index contributed by atoms with van der Waals surface area (Å²) in [5.41, 5.74) is 0.523. The lowest BCUT2D eigenvalue weighted by molar-refractivity contribution is 0.101. The molecule has 0 amide bonds. The van der Waals surface area contributed by atoms with Gasteiger partial charge in [0.25, 0.3) is 0 Å². The van der Waals surface area contributed by atoms with Crippen LogP contribution >= 0.6 is 34.8 Å². The molecule has 2 aromatic rings. The molecule has 0 N–H and O–H groups in total. The van der Waals surface area contributed by atoms with Crippen LogP contribution in [0.3, 0.4) is 0 Å². The Bertz CT molecular complexity index is 639. The van der Waals surface area contributed by atoms with Crippen LogP contribution < -0.4 is 4.74 Å². The third kappa shape index (κ3) is 3.41. The Hall–Kier alpha value is -1.22. The maximum atomic E-state index is 11.2. The van der Waals surface area contributed by atoms with Crippen molar-refractivity contribution in [3.8, 4) is 11.5 Å². The van der Waals surface area contributed by atoms with E-state index in [4.69, 9.17) is 39.5 Å². The quantitative estimate of drug-likeness (QED) is 0.685. The van der Waals surface area contributed by atoms with Gasteiger partial charge in [-0.1, -0.05) is 34.8 Å². The maximum Gasteiger partial charge on any atom is 0.159 e. The van der Waals surface area contributed by atoms with Crippen molar-refractivity contribution >= 4 is 40.6 Å². The lowest BCUT2D eigenvalue weighted by Gasteiger charge is -2.10. The van der Waals surface area contributed by atoms with Gasteiger partial charge in [-0.15, -0.1) is 0 Å². The molecule has 19 heavy (non-hydrogen) atoms. The number of hydrogen-bond acceptors (Lipinski definition) is 2. The lowest BCUT2D eigenvalue weighted by Crippen LogP contribution is -1.93. The van der Waals surface area contributed by atoms with Crippen molar-refractivity contribution in [3.63, 3.8) is 0 Å². The van der Waals surface area contributed by atoms with E-state index < -0.39 is 0 Å². The topological polar surface area (TPSA) is 26.3 Å². The van der Waals surface area contributed by atoms with Gasteiger partial charge in [-0.3, -0.25) is 4.79 Å². The van der Waals surface area contributed by atoms with Crippen LogP contribution in [-0.4, -0.2) is 5.78 Å². The molecule has 2 rings (SSSR count). The van der Waals surface area contributed by atoms with Crippen LogP contribution in [0.1, 0.15) is 17.3 Å². The number of carbonyl (C=O) groups excluding carboxylic acids is 1. The Labute approximate surface area is 125 Å². The van der Waals surface area contributed by atoms with Gasteiger partial charge in [-0.25, -0.2) is 0 Å². The van der Waals surface area contributed by atoms with Crippen LogP contribution in [0.4, 0.5) is 0 Å². The van der Waals surface area contributed by atoms with Crippen LogP contribution in [0.5, 0.6) is 11.5 Å². The molecule has 0 aliphatic rings. The number of hydrogen-bond donors (Lipinski definition) is 0. The zero-order chi connectivity index (χ0) is 14.0. The van der Waals surface area contributed by atoms with Crippen molar-refractivity contribution in [3.05, 3.63) is 57.0 Å². The van der Waals surface area contributed by atoms with E-state index in [1.807, 2.05) is 0 Å². The highest BCUT2D eigenvalue weighted by Crippen LogP contribution is 2.35. The van der Waals surface area contributed by atoms with Gasteiger partial charge < -0.3 is 4.74 Å². The van der Waals surface area contributed by atoms with E-state index in [1.165, 1.54) is 6.92 Å². The van der Waals surface area contributed by atoms with Gasteiger partial charge in [0.2, 0.25) is 0 Å². The summed E-state index contributed by atoms with van der Waals surface area (Å²) in [6, 6.07) is 9.71. The van der Waals surface area contributed by atoms with E-state index >= 15 is 0 Å². The first-order chi connectivity index (χ1) is 8.97. The molecule has 98 valence electrons. The molecule has 0 saturated carbocycles. The molecule has 0 radical (unpaired) electrons. The van der Waals surface area contributed by atoms with Crippen molar-refractivity contribution in [2.75, 3.05) is 0 Å². The summed E-state index contributed by atoms with van der Waals surface area (Å²) in [4.78, 5) is 11.2. The van der Waals surface area contributed by atoms with E-state index in [9.17, 15) is 4.79 Å². The number of ether oxygens (including phenoxy) is 1.